The molecule has 1 N–H and O–H groups in total. The van der Waals surface area contributed by atoms with Crippen molar-refractivity contribution in [3.8, 4) is 0 Å². The number of para-hydroxylation sites is 1. The number of aromatic amines is 1. The number of fused-ring (bicyclic) bond motifs is 1. The maximum absolute atomic E-state index is 12.8. The number of carbonyl (C=O) groups is 1. The smallest absolute Gasteiger partial charge is 0.289 e. The first-order valence-electron chi connectivity index (χ1n) is 8.82. The van der Waals surface area contributed by atoms with Crippen molar-refractivity contribution in [3.63, 3.8) is 0 Å². The van der Waals surface area contributed by atoms with Crippen LogP contribution in [-0.2, 0) is 0 Å². The molecule has 0 bridgehead atoms. The predicted octanol–water partition coefficient (Wildman–Crippen LogP) is 2.85. The number of rotatable bonds is 2. The molecule has 1 amide bonds. The Morgan fingerprint density at radius 3 is 2.63 bits per heavy atom. The van der Waals surface area contributed by atoms with Gasteiger partial charge in [0, 0.05) is 36.9 Å². The van der Waals surface area contributed by atoms with E-state index in [1.807, 2.05) is 25.1 Å². The Morgan fingerprint density at radius 1 is 1.11 bits per heavy atom. The van der Waals surface area contributed by atoms with Crippen LogP contribution in [0.3, 0.4) is 0 Å². The van der Waals surface area contributed by atoms with Crippen LogP contribution in [0.25, 0.3) is 10.9 Å². The van der Waals surface area contributed by atoms with Gasteiger partial charge in [-0.15, -0.1) is 0 Å². The lowest BCUT2D eigenvalue weighted by atomic mass is 10.1. The maximum atomic E-state index is 12.8. The first-order chi connectivity index (χ1) is 13.0. The maximum Gasteiger partial charge on any atom is 0.289 e. The van der Waals surface area contributed by atoms with Gasteiger partial charge in [0.15, 0.2) is 5.82 Å². The van der Waals surface area contributed by atoms with Gasteiger partial charge in [0.05, 0.1) is 10.9 Å². The number of benzene rings is 2. The second-order valence-corrected chi connectivity index (χ2v) is 7.08. The molecule has 0 aliphatic carbocycles. The van der Waals surface area contributed by atoms with Gasteiger partial charge in [-0.3, -0.25) is 9.59 Å². The van der Waals surface area contributed by atoms with Gasteiger partial charge in [-0.05, 0) is 36.8 Å². The average Bonchev–Trinajstić information content (AvgIpc) is 2.69. The molecule has 2 heterocycles. The molecule has 1 saturated heterocycles. The summed E-state index contributed by atoms with van der Waals surface area (Å²) in [4.78, 5) is 35.9. The number of nitrogens with one attached hydrogen (secondary N) is 1. The van der Waals surface area contributed by atoms with Crippen molar-refractivity contribution >= 4 is 34.1 Å². The Hall–Kier alpha value is -2.86. The van der Waals surface area contributed by atoms with Crippen molar-refractivity contribution < 1.29 is 4.79 Å². The minimum atomic E-state index is -0.294. The Labute approximate surface area is 161 Å². The first kappa shape index (κ1) is 17.5. The number of hydrogen-bond acceptors (Lipinski definition) is 4. The third-order valence-electron chi connectivity index (χ3n) is 4.89. The number of H-pyrrole nitrogens is 1. The highest BCUT2D eigenvalue weighted by atomic mass is 35.5. The number of aromatic nitrogens is 2. The fraction of sp³-hybridized carbons (Fsp3) is 0.250. The van der Waals surface area contributed by atoms with Gasteiger partial charge < -0.3 is 14.8 Å². The molecule has 1 fully saturated rings. The molecular weight excluding hydrogens is 364 g/mol. The Bertz CT molecular complexity index is 1070. The summed E-state index contributed by atoms with van der Waals surface area (Å²) in [5, 5.41) is 1.18. The largest absolute Gasteiger partial charge is 0.368 e. The van der Waals surface area contributed by atoms with Gasteiger partial charge >= 0.3 is 0 Å². The Balaban J connectivity index is 1.52. The molecular formula is C20H19ClN4O2. The minimum absolute atomic E-state index is 0.0890. The topological polar surface area (TPSA) is 69.3 Å². The van der Waals surface area contributed by atoms with Crippen LogP contribution in [-0.4, -0.2) is 47.0 Å². The molecule has 0 spiro atoms. The standard InChI is InChI=1S/C20H19ClN4O2/c1-13-6-7-14(21)12-17(13)24-8-10-25(11-9-24)20(27)18-22-16-5-3-2-4-15(16)19(26)23-18/h2-7,12H,8-11H2,1H3,(H,22,23,26). The number of carbonyl (C=O) groups excluding carboxylic acids is 1. The zero-order chi connectivity index (χ0) is 19.0. The van der Waals surface area contributed by atoms with Gasteiger partial charge in [0.2, 0.25) is 0 Å². The highest BCUT2D eigenvalue weighted by Gasteiger charge is 2.25. The van der Waals surface area contributed by atoms with Crippen LogP contribution in [0, 0.1) is 6.92 Å². The highest BCUT2D eigenvalue weighted by molar-refractivity contribution is 6.30. The summed E-state index contributed by atoms with van der Waals surface area (Å²) in [5.41, 5.74) is 2.47. The molecule has 0 radical (unpaired) electrons. The number of anilines is 1. The van der Waals surface area contributed by atoms with E-state index < -0.39 is 0 Å². The lowest BCUT2D eigenvalue weighted by Crippen LogP contribution is -2.49. The molecule has 138 valence electrons. The van der Waals surface area contributed by atoms with Crippen LogP contribution in [0.4, 0.5) is 5.69 Å². The van der Waals surface area contributed by atoms with Crippen molar-refractivity contribution in [3.05, 3.63) is 69.2 Å². The van der Waals surface area contributed by atoms with Crippen molar-refractivity contribution in [2.24, 2.45) is 0 Å². The van der Waals surface area contributed by atoms with Gasteiger partial charge in [-0.2, -0.15) is 0 Å². The van der Waals surface area contributed by atoms with Crippen molar-refractivity contribution in [2.45, 2.75) is 6.92 Å². The molecule has 27 heavy (non-hydrogen) atoms. The molecule has 0 saturated carbocycles. The summed E-state index contributed by atoms with van der Waals surface area (Å²) in [6, 6.07) is 12.8. The summed E-state index contributed by atoms with van der Waals surface area (Å²) < 4.78 is 0. The normalized spacial score (nSPS) is 14.6. The van der Waals surface area contributed by atoms with Crippen LogP contribution in [0.1, 0.15) is 16.2 Å². The van der Waals surface area contributed by atoms with E-state index >= 15 is 0 Å². The SMILES string of the molecule is Cc1ccc(Cl)cc1N1CCN(C(=O)c2nc3ccccc3c(=O)[nH]2)CC1. The van der Waals surface area contributed by atoms with E-state index in [2.05, 4.69) is 14.9 Å². The molecule has 4 rings (SSSR count). The lowest BCUT2D eigenvalue weighted by molar-refractivity contribution is 0.0734. The molecule has 1 aromatic heterocycles. The molecule has 6 nitrogen and oxygen atoms in total. The molecule has 1 aliphatic heterocycles. The monoisotopic (exact) mass is 382 g/mol. The molecule has 2 aromatic carbocycles. The van der Waals surface area contributed by atoms with Crippen molar-refractivity contribution in [1.29, 1.82) is 0 Å². The summed E-state index contributed by atoms with van der Waals surface area (Å²) >= 11 is 6.12. The minimum Gasteiger partial charge on any atom is -0.368 e. The molecule has 1 aliphatic rings. The van der Waals surface area contributed by atoms with E-state index in [1.165, 1.54) is 0 Å². The van der Waals surface area contributed by atoms with Crippen LogP contribution < -0.4 is 10.5 Å². The Kier molecular flexibility index (Phi) is 4.58. The van der Waals surface area contributed by atoms with Crippen LogP contribution in [0.15, 0.2) is 47.3 Å². The second-order valence-electron chi connectivity index (χ2n) is 6.64. The van der Waals surface area contributed by atoms with E-state index in [4.69, 9.17) is 11.6 Å². The summed E-state index contributed by atoms with van der Waals surface area (Å²) in [6.45, 7) is 4.56. The summed E-state index contributed by atoms with van der Waals surface area (Å²) in [5.74, 6) is -0.161. The third-order valence-corrected chi connectivity index (χ3v) is 5.13. The average molecular weight is 383 g/mol. The number of halogens is 1. The zero-order valence-corrected chi connectivity index (χ0v) is 15.7. The number of piperazine rings is 1. The quantitative estimate of drug-likeness (QED) is 0.740. The predicted molar refractivity (Wildman–Crippen MR) is 107 cm³/mol. The van der Waals surface area contributed by atoms with E-state index in [-0.39, 0.29) is 17.3 Å². The number of aryl methyl sites for hydroxylation is 1. The Morgan fingerprint density at radius 2 is 1.85 bits per heavy atom. The third kappa shape index (κ3) is 3.40. The second kappa shape index (κ2) is 7.04. The van der Waals surface area contributed by atoms with E-state index in [0.29, 0.717) is 42.1 Å². The van der Waals surface area contributed by atoms with Crippen molar-refractivity contribution in [1.82, 2.24) is 14.9 Å². The first-order valence-corrected chi connectivity index (χ1v) is 9.20. The lowest BCUT2D eigenvalue weighted by Gasteiger charge is -2.36. The number of amides is 1. The van der Waals surface area contributed by atoms with E-state index in [0.717, 1.165) is 11.3 Å². The van der Waals surface area contributed by atoms with E-state index in [1.54, 1.807) is 29.2 Å². The van der Waals surface area contributed by atoms with Crippen LogP contribution in [0.2, 0.25) is 5.02 Å². The fourth-order valence-corrected chi connectivity index (χ4v) is 3.58. The van der Waals surface area contributed by atoms with Gasteiger partial charge in [-0.25, -0.2) is 4.98 Å². The molecule has 0 unspecified atom stereocenters. The number of hydrogen-bond donors (Lipinski definition) is 1. The van der Waals surface area contributed by atoms with Crippen LogP contribution in [0.5, 0.6) is 0 Å². The summed E-state index contributed by atoms with van der Waals surface area (Å²) in [7, 11) is 0. The fourth-order valence-electron chi connectivity index (χ4n) is 3.41. The molecule has 0 atom stereocenters. The highest BCUT2D eigenvalue weighted by Crippen LogP contribution is 2.25. The molecule has 3 aromatic rings. The zero-order valence-electron chi connectivity index (χ0n) is 14.9. The van der Waals surface area contributed by atoms with E-state index in [9.17, 15) is 9.59 Å². The van der Waals surface area contributed by atoms with Crippen LogP contribution >= 0.6 is 11.6 Å². The molecule has 7 heteroatoms. The van der Waals surface area contributed by atoms with Gasteiger partial charge in [0.25, 0.3) is 11.5 Å². The van der Waals surface area contributed by atoms with Gasteiger partial charge in [0.1, 0.15) is 0 Å². The van der Waals surface area contributed by atoms with Gasteiger partial charge in [-0.1, -0.05) is 29.8 Å². The number of nitrogens with zero attached hydrogens (tertiary/aromatic N) is 3. The van der Waals surface area contributed by atoms with Crippen molar-refractivity contribution in [2.75, 3.05) is 31.1 Å². The summed E-state index contributed by atoms with van der Waals surface area (Å²) in [6.07, 6.45) is 0.